The third-order valence-corrected chi connectivity index (χ3v) is 3.18. The number of benzene rings is 1. The average Bonchev–Trinajstić information content (AvgIpc) is 2.88. The number of nitrogens with one attached hydrogen (secondary N) is 2. The van der Waals surface area contributed by atoms with E-state index in [2.05, 4.69) is 15.5 Å². The number of fused-ring (bicyclic) bond motifs is 1. The molecule has 2 N–H and O–H groups in total. The summed E-state index contributed by atoms with van der Waals surface area (Å²) < 4.78 is 10.1. The molecule has 104 valence electrons. The fraction of sp³-hybridized carbons (Fsp3) is 0.308. The summed E-state index contributed by atoms with van der Waals surface area (Å²) in [6, 6.07) is 5.45. The van der Waals surface area contributed by atoms with Gasteiger partial charge in [-0.15, -0.1) is 0 Å². The highest BCUT2D eigenvalue weighted by molar-refractivity contribution is 5.97. The van der Waals surface area contributed by atoms with Crippen molar-refractivity contribution in [3.8, 4) is 0 Å². The molecule has 0 aliphatic carbocycles. The minimum atomic E-state index is -1.11. The molecule has 1 aromatic carbocycles. The largest absolute Gasteiger partial charge is 0.405 e. The monoisotopic (exact) mass is 275 g/mol. The molecule has 1 aliphatic heterocycles. The highest BCUT2D eigenvalue weighted by atomic mass is 16.7. The number of esters is 2. The number of carbonyl (C=O) groups excluding carboxylic acids is 2. The molecule has 1 fully saturated rings. The Hall–Kier alpha value is -2.57. The van der Waals surface area contributed by atoms with Crippen LogP contribution in [0.2, 0.25) is 0 Å². The van der Waals surface area contributed by atoms with Crippen LogP contribution in [0, 0.1) is 5.92 Å². The summed E-state index contributed by atoms with van der Waals surface area (Å²) in [5.74, 6) is -1.97. The normalized spacial score (nSPS) is 22.4. The standard InChI is InChI=1S/C13H13N3O4/c1-2-7-11(17)19-13(20-12(7)18)15-9-4-3-5-10-8(9)6-14-16-10/h3-7,13,15H,2H2,1H3,(H,14,16). The number of aromatic amines is 1. The maximum Gasteiger partial charge on any atom is 0.329 e. The van der Waals surface area contributed by atoms with Crippen molar-refractivity contribution in [3.63, 3.8) is 0 Å². The van der Waals surface area contributed by atoms with E-state index < -0.39 is 24.3 Å². The SMILES string of the molecule is CCC1C(=O)OC(Nc2cccc3[nH]ncc23)OC1=O. The molecular formula is C13H13N3O4. The van der Waals surface area contributed by atoms with Gasteiger partial charge in [-0.05, 0) is 18.6 Å². The number of aromatic nitrogens is 2. The van der Waals surface area contributed by atoms with Gasteiger partial charge in [0.05, 0.1) is 17.4 Å². The average molecular weight is 275 g/mol. The molecule has 0 radical (unpaired) electrons. The Balaban J connectivity index is 1.80. The number of hydrogen-bond acceptors (Lipinski definition) is 6. The summed E-state index contributed by atoms with van der Waals surface area (Å²) in [5, 5.41) is 10.4. The van der Waals surface area contributed by atoms with Crippen LogP contribution in [0.25, 0.3) is 10.9 Å². The van der Waals surface area contributed by atoms with E-state index in [-0.39, 0.29) is 0 Å². The minimum Gasteiger partial charge on any atom is -0.405 e. The number of ether oxygens (including phenoxy) is 2. The maximum absolute atomic E-state index is 11.7. The molecule has 0 unspecified atom stereocenters. The fourth-order valence-corrected chi connectivity index (χ4v) is 2.11. The van der Waals surface area contributed by atoms with Crippen molar-refractivity contribution < 1.29 is 19.1 Å². The van der Waals surface area contributed by atoms with Crippen LogP contribution in [0.3, 0.4) is 0 Å². The van der Waals surface area contributed by atoms with Gasteiger partial charge in [0, 0.05) is 5.39 Å². The Morgan fingerprint density at radius 1 is 1.30 bits per heavy atom. The first-order valence-corrected chi connectivity index (χ1v) is 6.28. The van der Waals surface area contributed by atoms with Crippen molar-refractivity contribution in [2.45, 2.75) is 19.8 Å². The zero-order chi connectivity index (χ0) is 14.1. The summed E-state index contributed by atoms with van der Waals surface area (Å²) in [6.07, 6.45) is 0.888. The van der Waals surface area contributed by atoms with Crippen LogP contribution < -0.4 is 5.32 Å². The Bertz CT molecular complexity index is 648. The molecule has 1 aromatic heterocycles. The second kappa shape index (κ2) is 4.84. The van der Waals surface area contributed by atoms with Gasteiger partial charge in [-0.25, -0.2) is 0 Å². The van der Waals surface area contributed by atoms with Crippen LogP contribution in [-0.4, -0.2) is 28.5 Å². The lowest BCUT2D eigenvalue weighted by Crippen LogP contribution is -2.43. The van der Waals surface area contributed by atoms with Crippen LogP contribution in [0.5, 0.6) is 0 Å². The summed E-state index contributed by atoms with van der Waals surface area (Å²) in [6.45, 7) is 1.73. The molecule has 0 bridgehead atoms. The first-order valence-electron chi connectivity index (χ1n) is 6.28. The van der Waals surface area contributed by atoms with Crippen LogP contribution in [0.15, 0.2) is 24.4 Å². The Morgan fingerprint density at radius 3 is 2.75 bits per heavy atom. The summed E-state index contributed by atoms with van der Waals surface area (Å²) in [7, 11) is 0. The summed E-state index contributed by atoms with van der Waals surface area (Å²) in [4.78, 5) is 23.3. The third kappa shape index (κ3) is 2.07. The second-order valence-electron chi connectivity index (χ2n) is 4.45. The van der Waals surface area contributed by atoms with E-state index in [1.54, 1.807) is 19.2 Å². The number of nitrogens with zero attached hydrogens (tertiary/aromatic N) is 1. The van der Waals surface area contributed by atoms with E-state index >= 15 is 0 Å². The number of rotatable bonds is 3. The molecule has 3 rings (SSSR count). The molecule has 0 atom stereocenters. The molecule has 0 amide bonds. The molecule has 7 nitrogen and oxygen atoms in total. The van der Waals surface area contributed by atoms with Gasteiger partial charge < -0.3 is 14.8 Å². The van der Waals surface area contributed by atoms with E-state index in [1.807, 2.05) is 12.1 Å². The van der Waals surface area contributed by atoms with Crippen molar-refractivity contribution in [3.05, 3.63) is 24.4 Å². The number of H-pyrrole nitrogens is 1. The second-order valence-corrected chi connectivity index (χ2v) is 4.45. The predicted octanol–water partition coefficient (Wildman–Crippen LogP) is 1.38. The minimum absolute atomic E-state index is 0.363. The molecule has 7 heteroatoms. The van der Waals surface area contributed by atoms with E-state index in [0.717, 1.165) is 10.9 Å². The van der Waals surface area contributed by atoms with E-state index in [1.165, 1.54) is 0 Å². The lowest BCUT2D eigenvalue weighted by Gasteiger charge is -2.27. The zero-order valence-corrected chi connectivity index (χ0v) is 10.8. The highest BCUT2D eigenvalue weighted by Crippen LogP contribution is 2.24. The molecule has 2 aromatic rings. The molecule has 1 aliphatic rings. The summed E-state index contributed by atoms with van der Waals surface area (Å²) in [5.41, 5.74) is 1.49. The van der Waals surface area contributed by atoms with Crippen LogP contribution in [0.4, 0.5) is 5.69 Å². The van der Waals surface area contributed by atoms with Crippen LogP contribution >= 0.6 is 0 Å². The molecule has 1 saturated heterocycles. The third-order valence-electron chi connectivity index (χ3n) is 3.18. The van der Waals surface area contributed by atoms with Crippen LogP contribution in [0.1, 0.15) is 13.3 Å². The highest BCUT2D eigenvalue weighted by Gasteiger charge is 2.37. The first-order chi connectivity index (χ1) is 9.69. The zero-order valence-electron chi connectivity index (χ0n) is 10.8. The predicted molar refractivity (Wildman–Crippen MR) is 69.5 cm³/mol. The topological polar surface area (TPSA) is 93.3 Å². The van der Waals surface area contributed by atoms with Gasteiger partial charge >= 0.3 is 18.4 Å². The Kier molecular flexibility index (Phi) is 3.02. The summed E-state index contributed by atoms with van der Waals surface area (Å²) >= 11 is 0. The van der Waals surface area contributed by atoms with Crippen molar-refractivity contribution in [2.24, 2.45) is 5.92 Å². The van der Waals surface area contributed by atoms with Gasteiger partial charge in [0.1, 0.15) is 0 Å². The van der Waals surface area contributed by atoms with Gasteiger partial charge in [-0.3, -0.25) is 14.7 Å². The van der Waals surface area contributed by atoms with Crippen molar-refractivity contribution in [1.82, 2.24) is 10.2 Å². The van der Waals surface area contributed by atoms with Crippen LogP contribution in [-0.2, 0) is 19.1 Å². The number of cyclic esters (lactones) is 2. The first kappa shape index (κ1) is 12.5. The lowest BCUT2D eigenvalue weighted by atomic mass is 10.1. The maximum atomic E-state index is 11.7. The van der Waals surface area contributed by atoms with Gasteiger partial charge in [0.25, 0.3) is 0 Å². The molecule has 2 heterocycles. The number of carbonyl (C=O) groups is 2. The van der Waals surface area contributed by atoms with Crippen molar-refractivity contribution >= 4 is 28.5 Å². The quantitative estimate of drug-likeness (QED) is 0.649. The molecular weight excluding hydrogens is 262 g/mol. The van der Waals surface area contributed by atoms with Gasteiger partial charge in [-0.1, -0.05) is 13.0 Å². The Morgan fingerprint density at radius 2 is 2.05 bits per heavy atom. The lowest BCUT2D eigenvalue weighted by molar-refractivity contribution is -0.206. The van der Waals surface area contributed by atoms with Crippen molar-refractivity contribution in [1.29, 1.82) is 0 Å². The molecule has 0 spiro atoms. The number of hydrogen-bond donors (Lipinski definition) is 2. The molecule has 0 saturated carbocycles. The van der Waals surface area contributed by atoms with E-state index in [9.17, 15) is 9.59 Å². The van der Waals surface area contributed by atoms with E-state index in [0.29, 0.717) is 12.1 Å². The number of anilines is 1. The van der Waals surface area contributed by atoms with Crippen molar-refractivity contribution in [2.75, 3.05) is 5.32 Å². The van der Waals surface area contributed by atoms with Gasteiger partial charge in [0.15, 0.2) is 5.92 Å². The van der Waals surface area contributed by atoms with Gasteiger partial charge in [-0.2, -0.15) is 5.10 Å². The van der Waals surface area contributed by atoms with Gasteiger partial charge in [0.2, 0.25) is 0 Å². The molecule has 20 heavy (non-hydrogen) atoms. The fourth-order valence-electron chi connectivity index (χ4n) is 2.11. The van der Waals surface area contributed by atoms with E-state index in [4.69, 9.17) is 9.47 Å². The Labute approximate surface area is 114 Å². The smallest absolute Gasteiger partial charge is 0.329 e.